The molecule has 0 aliphatic heterocycles. The predicted molar refractivity (Wildman–Crippen MR) is 93.2 cm³/mol. The lowest BCUT2D eigenvalue weighted by Crippen LogP contribution is -2.23. The van der Waals surface area contributed by atoms with Crippen LogP contribution in [-0.2, 0) is 4.79 Å². The van der Waals surface area contributed by atoms with Gasteiger partial charge in [0.05, 0.1) is 0 Å². The highest BCUT2D eigenvalue weighted by atomic mass is 79.9. The average molecular weight is 364 g/mol. The van der Waals surface area contributed by atoms with Gasteiger partial charge in [-0.25, -0.2) is 0 Å². The van der Waals surface area contributed by atoms with Gasteiger partial charge in [0.2, 0.25) is 0 Å². The Labute approximate surface area is 140 Å². The van der Waals surface area contributed by atoms with Crippen molar-refractivity contribution in [2.45, 2.75) is 33.1 Å². The van der Waals surface area contributed by atoms with Crippen molar-refractivity contribution in [3.05, 3.63) is 40.5 Å². The normalized spacial score (nSPS) is 10.9. The van der Waals surface area contributed by atoms with Crippen molar-refractivity contribution in [3.8, 4) is 6.07 Å². The molecule has 22 heavy (non-hydrogen) atoms. The molecule has 1 aromatic carbocycles. The van der Waals surface area contributed by atoms with Gasteiger partial charge in [-0.1, -0.05) is 36.2 Å². The fraction of sp³-hybridized carbons (Fsp3) is 0.412. The summed E-state index contributed by atoms with van der Waals surface area (Å²) >= 11 is 3.35. The lowest BCUT2D eigenvalue weighted by atomic mass is 10.2. The Morgan fingerprint density at radius 1 is 1.27 bits per heavy atom. The molecule has 0 radical (unpaired) electrons. The quantitative estimate of drug-likeness (QED) is 0.553. The first-order valence-electron chi connectivity index (χ1n) is 7.53. The van der Waals surface area contributed by atoms with Crippen LogP contribution < -0.4 is 5.32 Å². The lowest BCUT2D eigenvalue weighted by molar-refractivity contribution is -0.112. The summed E-state index contributed by atoms with van der Waals surface area (Å²) in [5, 5.41) is 12.0. The zero-order valence-corrected chi connectivity index (χ0v) is 14.7. The average Bonchev–Trinajstić information content (AvgIpc) is 2.52. The molecule has 1 amide bonds. The molecule has 4 nitrogen and oxygen atoms in total. The van der Waals surface area contributed by atoms with Gasteiger partial charge in [-0.05, 0) is 37.1 Å². The van der Waals surface area contributed by atoms with E-state index in [-0.39, 0.29) is 11.5 Å². The zero-order chi connectivity index (χ0) is 16.4. The molecule has 0 saturated heterocycles. The smallest absolute Gasteiger partial charge is 0.267 e. The van der Waals surface area contributed by atoms with Crippen LogP contribution in [0.3, 0.4) is 0 Å². The zero-order valence-electron chi connectivity index (χ0n) is 13.1. The summed E-state index contributed by atoms with van der Waals surface area (Å²) in [6.45, 7) is 5.91. The van der Waals surface area contributed by atoms with Gasteiger partial charge < -0.3 is 10.2 Å². The first kappa shape index (κ1) is 18.2. The van der Waals surface area contributed by atoms with Crippen LogP contribution in [0.1, 0.15) is 33.1 Å². The molecule has 0 aliphatic carbocycles. The number of hydrogen-bond acceptors (Lipinski definition) is 3. The number of nitrogens with one attached hydrogen (secondary N) is 1. The number of benzene rings is 1. The third-order valence-electron chi connectivity index (χ3n) is 3.09. The standard InChI is InChI=1S/C17H22BrN3O/c1-3-5-11-21(10-4-2)13-14(12-19)17(22)20-16-8-6-15(18)7-9-16/h6-9,13H,3-5,10-11H2,1-2H3,(H,20,22)/b14-13-. The molecule has 0 unspecified atom stereocenters. The number of amides is 1. The molecule has 0 atom stereocenters. The van der Waals surface area contributed by atoms with Gasteiger partial charge in [0.25, 0.3) is 5.91 Å². The molecule has 1 rings (SSSR count). The van der Waals surface area contributed by atoms with E-state index in [2.05, 4.69) is 35.1 Å². The van der Waals surface area contributed by atoms with E-state index in [1.807, 2.05) is 23.1 Å². The maximum atomic E-state index is 12.2. The SMILES string of the molecule is CCCCN(/C=C(/C#N)C(=O)Nc1ccc(Br)cc1)CCC. The summed E-state index contributed by atoms with van der Waals surface area (Å²) < 4.78 is 0.940. The van der Waals surface area contributed by atoms with Gasteiger partial charge in [-0.3, -0.25) is 4.79 Å². The van der Waals surface area contributed by atoms with Crippen LogP contribution in [0.25, 0.3) is 0 Å². The number of nitrogens with zero attached hydrogens (tertiary/aromatic N) is 2. The van der Waals surface area contributed by atoms with Crippen molar-refractivity contribution in [2.75, 3.05) is 18.4 Å². The Bertz CT molecular complexity index is 546. The van der Waals surface area contributed by atoms with Crippen molar-refractivity contribution < 1.29 is 4.79 Å². The number of carbonyl (C=O) groups is 1. The van der Waals surface area contributed by atoms with E-state index < -0.39 is 0 Å². The fourth-order valence-corrected chi connectivity index (χ4v) is 2.21. The van der Waals surface area contributed by atoms with E-state index in [4.69, 9.17) is 0 Å². The van der Waals surface area contributed by atoms with E-state index in [1.165, 1.54) is 0 Å². The van der Waals surface area contributed by atoms with Crippen molar-refractivity contribution in [3.63, 3.8) is 0 Å². The minimum Gasteiger partial charge on any atom is -0.376 e. The van der Waals surface area contributed by atoms with Crippen LogP contribution in [0.5, 0.6) is 0 Å². The molecule has 1 aromatic rings. The topological polar surface area (TPSA) is 56.1 Å². The number of anilines is 1. The monoisotopic (exact) mass is 363 g/mol. The third-order valence-corrected chi connectivity index (χ3v) is 3.62. The van der Waals surface area contributed by atoms with E-state index >= 15 is 0 Å². The number of carbonyl (C=O) groups excluding carboxylic acids is 1. The van der Waals surface area contributed by atoms with E-state index in [0.29, 0.717) is 5.69 Å². The predicted octanol–water partition coefficient (Wildman–Crippen LogP) is 4.31. The van der Waals surface area contributed by atoms with Crippen molar-refractivity contribution in [1.82, 2.24) is 4.90 Å². The number of nitriles is 1. The van der Waals surface area contributed by atoms with Crippen molar-refractivity contribution in [1.29, 1.82) is 5.26 Å². The van der Waals surface area contributed by atoms with Gasteiger partial charge in [0.15, 0.2) is 0 Å². The van der Waals surface area contributed by atoms with E-state index in [9.17, 15) is 10.1 Å². The number of halogens is 1. The van der Waals surface area contributed by atoms with Gasteiger partial charge in [0.1, 0.15) is 11.6 Å². The third kappa shape index (κ3) is 6.31. The van der Waals surface area contributed by atoms with E-state index in [1.54, 1.807) is 18.3 Å². The molecule has 0 spiro atoms. The number of hydrogen-bond donors (Lipinski definition) is 1. The Hall–Kier alpha value is -1.80. The minimum atomic E-state index is -0.373. The van der Waals surface area contributed by atoms with Crippen LogP contribution in [0.2, 0.25) is 0 Å². The maximum Gasteiger partial charge on any atom is 0.267 e. The highest BCUT2D eigenvalue weighted by molar-refractivity contribution is 9.10. The van der Waals surface area contributed by atoms with Gasteiger partial charge in [-0.15, -0.1) is 0 Å². The van der Waals surface area contributed by atoms with Crippen LogP contribution in [-0.4, -0.2) is 23.9 Å². The van der Waals surface area contributed by atoms with Crippen LogP contribution in [0.4, 0.5) is 5.69 Å². The summed E-state index contributed by atoms with van der Waals surface area (Å²) in [7, 11) is 0. The molecule has 118 valence electrons. The molecule has 0 saturated carbocycles. The van der Waals surface area contributed by atoms with Crippen molar-refractivity contribution in [2.24, 2.45) is 0 Å². The van der Waals surface area contributed by atoms with Gasteiger partial charge >= 0.3 is 0 Å². The summed E-state index contributed by atoms with van der Waals surface area (Å²) in [6.07, 6.45) is 4.78. The largest absolute Gasteiger partial charge is 0.376 e. The first-order valence-corrected chi connectivity index (χ1v) is 8.32. The first-order chi connectivity index (χ1) is 10.6. The fourth-order valence-electron chi connectivity index (χ4n) is 1.94. The summed E-state index contributed by atoms with van der Waals surface area (Å²) in [5.41, 5.74) is 0.803. The summed E-state index contributed by atoms with van der Waals surface area (Å²) in [4.78, 5) is 14.2. The second kappa shape index (κ2) is 10.0. The Morgan fingerprint density at radius 2 is 1.95 bits per heavy atom. The molecule has 0 bridgehead atoms. The number of rotatable bonds is 8. The molecule has 1 N–H and O–H groups in total. The van der Waals surface area contributed by atoms with Crippen LogP contribution in [0, 0.1) is 11.3 Å². The summed E-state index contributed by atoms with van der Waals surface area (Å²) in [5.74, 6) is -0.373. The molecule has 0 fully saturated rings. The van der Waals surface area contributed by atoms with Gasteiger partial charge in [0, 0.05) is 29.4 Å². The lowest BCUT2D eigenvalue weighted by Gasteiger charge is -2.19. The molecular weight excluding hydrogens is 342 g/mol. The Morgan fingerprint density at radius 3 is 2.50 bits per heavy atom. The highest BCUT2D eigenvalue weighted by Crippen LogP contribution is 2.15. The second-order valence-corrected chi connectivity index (χ2v) is 5.92. The van der Waals surface area contributed by atoms with Crippen molar-refractivity contribution >= 4 is 27.5 Å². The Kier molecular flexibility index (Phi) is 8.31. The number of unbranched alkanes of at least 4 members (excludes halogenated alkanes) is 1. The van der Waals surface area contributed by atoms with Crippen LogP contribution in [0.15, 0.2) is 40.5 Å². The van der Waals surface area contributed by atoms with Crippen LogP contribution >= 0.6 is 15.9 Å². The maximum absolute atomic E-state index is 12.2. The summed E-state index contributed by atoms with van der Waals surface area (Å²) in [6, 6.07) is 9.26. The van der Waals surface area contributed by atoms with Gasteiger partial charge in [-0.2, -0.15) is 5.26 Å². The second-order valence-electron chi connectivity index (χ2n) is 5.01. The molecular formula is C17H22BrN3O. The highest BCUT2D eigenvalue weighted by Gasteiger charge is 2.11. The minimum absolute atomic E-state index is 0.132. The molecule has 0 heterocycles. The molecule has 5 heteroatoms. The molecule has 0 aliphatic rings. The molecule has 0 aromatic heterocycles. The van der Waals surface area contributed by atoms with E-state index in [0.717, 1.165) is 36.8 Å². The Balaban J connectivity index is 2.78.